The maximum atomic E-state index is 2.80. The number of benzene rings is 4. The summed E-state index contributed by atoms with van der Waals surface area (Å²) >= 11 is 0. The van der Waals surface area contributed by atoms with Crippen LogP contribution in [0.2, 0.25) is 0 Å². The Labute approximate surface area is 316 Å². The van der Waals surface area contributed by atoms with Crippen molar-refractivity contribution in [3.05, 3.63) is 185 Å². The molecule has 0 saturated heterocycles. The maximum absolute atomic E-state index is 2.80. The summed E-state index contributed by atoms with van der Waals surface area (Å²) in [6.45, 7) is 15.0. The molecule has 0 amide bonds. The van der Waals surface area contributed by atoms with E-state index in [0.29, 0.717) is 17.8 Å². The molecule has 0 spiro atoms. The van der Waals surface area contributed by atoms with Crippen molar-refractivity contribution in [2.24, 2.45) is 17.3 Å². The molecule has 0 saturated carbocycles. The fourth-order valence-corrected chi connectivity index (χ4v) is 10.8. The van der Waals surface area contributed by atoms with E-state index in [0.717, 1.165) is 19.3 Å². The standard InChI is InChI=1S/C51H50N2/c1-49(2)40-22-14-24-42-46(40)53-47-41(49)23-15-25-43(47)51(5,6)45-32-39(31-44(48(45)53)50(42,3)4)52(37-28-26-35(27-29-37)33-16-9-7-10-17-33)38-21-13-20-36(30-38)34-18-11-8-12-19-34/h7-18,20-22,24-30,32,34,41,44H,19,23,31H2,1-6H3. The van der Waals surface area contributed by atoms with Crippen LogP contribution in [0.5, 0.6) is 0 Å². The first kappa shape index (κ1) is 32.6. The Kier molecular flexibility index (Phi) is 7.04. The summed E-state index contributed by atoms with van der Waals surface area (Å²) in [4.78, 5) is 5.39. The molecule has 10 rings (SSSR count). The van der Waals surface area contributed by atoms with Crippen LogP contribution in [0.1, 0.15) is 83.4 Å². The van der Waals surface area contributed by atoms with Crippen LogP contribution in [0.3, 0.4) is 0 Å². The van der Waals surface area contributed by atoms with Crippen LogP contribution in [0.4, 0.5) is 17.1 Å². The first-order valence-electron chi connectivity index (χ1n) is 19.8. The van der Waals surface area contributed by atoms with Crippen molar-refractivity contribution in [2.75, 3.05) is 9.80 Å². The van der Waals surface area contributed by atoms with Gasteiger partial charge in [0, 0.05) is 62.5 Å². The zero-order valence-corrected chi connectivity index (χ0v) is 32.0. The van der Waals surface area contributed by atoms with E-state index in [2.05, 4.69) is 191 Å². The number of allylic oxidation sites excluding steroid dienone is 12. The summed E-state index contributed by atoms with van der Waals surface area (Å²) in [6.07, 6.45) is 19.7. The van der Waals surface area contributed by atoms with E-state index in [1.165, 1.54) is 61.7 Å². The van der Waals surface area contributed by atoms with Gasteiger partial charge in [-0.3, -0.25) is 0 Å². The van der Waals surface area contributed by atoms with Gasteiger partial charge in [0.25, 0.3) is 0 Å². The normalized spacial score (nSPS) is 24.9. The van der Waals surface area contributed by atoms with Gasteiger partial charge in [0.05, 0.1) is 5.69 Å². The van der Waals surface area contributed by atoms with Gasteiger partial charge in [-0.2, -0.15) is 0 Å². The summed E-state index contributed by atoms with van der Waals surface area (Å²) in [6, 6.07) is 36.6. The predicted molar refractivity (Wildman–Crippen MR) is 222 cm³/mol. The van der Waals surface area contributed by atoms with Gasteiger partial charge in [-0.25, -0.2) is 0 Å². The van der Waals surface area contributed by atoms with E-state index < -0.39 is 0 Å². The van der Waals surface area contributed by atoms with E-state index in [1.54, 1.807) is 11.4 Å². The number of para-hydroxylation sites is 1. The number of nitrogens with zero attached hydrogens (tertiary/aromatic N) is 2. The molecule has 3 atom stereocenters. The van der Waals surface area contributed by atoms with E-state index in [4.69, 9.17) is 0 Å². The van der Waals surface area contributed by atoms with Crippen LogP contribution in [-0.4, -0.2) is 0 Å². The van der Waals surface area contributed by atoms with Crippen molar-refractivity contribution >= 4 is 17.1 Å². The highest BCUT2D eigenvalue weighted by Crippen LogP contribution is 2.67. The number of anilines is 3. The van der Waals surface area contributed by atoms with E-state index in [-0.39, 0.29) is 16.2 Å². The second-order valence-electron chi connectivity index (χ2n) is 17.8. The van der Waals surface area contributed by atoms with Crippen molar-refractivity contribution in [1.29, 1.82) is 0 Å². The van der Waals surface area contributed by atoms with Crippen LogP contribution in [-0.2, 0) is 10.8 Å². The molecule has 6 aliphatic rings. The molecule has 0 fully saturated rings. The van der Waals surface area contributed by atoms with E-state index in [9.17, 15) is 0 Å². The summed E-state index contributed by atoms with van der Waals surface area (Å²) in [7, 11) is 0. The zero-order chi connectivity index (χ0) is 36.3. The van der Waals surface area contributed by atoms with Gasteiger partial charge in [-0.15, -0.1) is 0 Å². The lowest BCUT2D eigenvalue weighted by molar-refractivity contribution is 0.284. The minimum absolute atomic E-state index is 0.0525. The smallest absolute Gasteiger partial charge is 0.0531 e. The van der Waals surface area contributed by atoms with Gasteiger partial charge < -0.3 is 9.80 Å². The van der Waals surface area contributed by atoms with Crippen molar-refractivity contribution in [1.82, 2.24) is 0 Å². The Balaban J connectivity index is 1.19. The molecule has 2 nitrogen and oxygen atoms in total. The van der Waals surface area contributed by atoms with Crippen LogP contribution < -0.4 is 9.80 Å². The van der Waals surface area contributed by atoms with Crippen molar-refractivity contribution in [3.63, 3.8) is 0 Å². The fraction of sp³-hybridized carbons (Fsp3) is 0.294. The lowest BCUT2D eigenvalue weighted by Gasteiger charge is -2.62. The molecule has 2 heteroatoms. The number of hydrogen-bond acceptors (Lipinski definition) is 2. The Morgan fingerprint density at radius 2 is 1.32 bits per heavy atom. The summed E-state index contributed by atoms with van der Waals surface area (Å²) in [5.74, 6) is 1.16. The highest BCUT2D eigenvalue weighted by atomic mass is 15.2. The SMILES string of the molecule is CC1(C)C2=C3C(CC=C2)C(C)(C)c2cccc4c2N3C2=C1C=C(N(c1ccc(-c3ccccc3)cc1)c1cccc(C3C=CC=CC3)c1)CC2C4(C)C. The third-order valence-corrected chi connectivity index (χ3v) is 13.9. The first-order valence-corrected chi connectivity index (χ1v) is 19.8. The summed E-state index contributed by atoms with van der Waals surface area (Å²) in [5, 5.41) is 0. The average molecular weight is 691 g/mol. The Morgan fingerprint density at radius 3 is 2.06 bits per heavy atom. The van der Waals surface area contributed by atoms with Crippen molar-refractivity contribution in [3.8, 4) is 11.1 Å². The van der Waals surface area contributed by atoms with Crippen molar-refractivity contribution < 1.29 is 0 Å². The molecule has 53 heavy (non-hydrogen) atoms. The molecule has 0 bridgehead atoms. The second kappa shape index (κ2) is 11.5. The molecule has 4 aromatic rings. The van der Waals surface area contributed by atoms with E-state index >= 15 is 0 Å². The monoisotopic (exact) mass is 690 g/mol. The van der Waals surface area contributed by atoms with E-state index in [1.807, 2.05) is 0 Å². The highest BCUT2D eigenvalue weighted by Gasteiger charge is 2.58. The number of rotatable bonds is 5. The van der Waals surface area contributed by atoms with Gasteiger partial charge in [0.15, 0.2) is 0 Å². The average Bonchev–Trinajstić information content (AvgIpc) is 3.18. The van der Waals surface area contributed by atoms with Gasteiger partial charge in [-0.1, -0.05) is 151 Å². The number of hydrogen-bond donors (Lipinski definition) is 0. The second-order valence-corrected chi connectivity index (χ2v) is 17.8. The fourth-order valence-electron chi connectivity index (χ4n) is 10.8. The molecule has 0 radical (unpaired) electrons. The van der Waals surface area contributed by atoms with Crippen LogP contribution in [0, 0.1) is 17.3 Å². The Hall–Kier alpha value is -5.08. The lowest BCUT2D eigenvalue weighted by Crippen LogP contribution is -2.55. The molecule has 0 aromatic heterocycles. The van der Waals surface area contributed by atoms with Gasteiger partial charge in [-0.05, 0) is 88.6 Å². The summed E-state index contributed by atoms with van der Waals surface area (Å²) < 4.78 is 0. The highest BCUT2D eigenvalue weighted by molar-refractivity contribution is 5.83. The third-order valence-electron chi connectivity index (χ3n) is 13.9. The molecule has 3 heterocycles. The van der Waals surface area contributed by atoms with Crippen LogP contribution in [0.15, 0.2) is 168 Å². The molecular weight excluding hydrogens is 641 g/mol. The van der Waals surface area contributed by atoms with Gasteiger partial charge >= 0.3 is 0 Å². The quantitative estimate of drug-likeness (QED) is 0.206. The minimum atomic E-state index is -0.139. The van der Waals surface area contributed by atoms with Gasteiger partial charge in [0.1, 0.15) is 0 Å². The molecule has 4 aromatic carbocycles. The molecule has 3 aliphatic heterocycles. The first-order chi connectivity index (χ1) is 25.6. The lowest BCUT2D eigenvalue weighted by atomic mass is 9.54. The molecule has 0 N–H and O–H groups in total. The predicted octanol–water partition coefficient (Wildman–Crippen LogP) is 13.2. The minimum Gasteiger partial charge on any atom is -0.316 e. The third kappa shape index (κ3) is 4.64. The van der Waals surface area contributed by atoms with Gasteiger partial charge in [0.2, 0.25) is 0 Å². The zero-order valence-electron chi connectivity index (χ0n) is 32.0. The topological polar surface area (TPSA) is 6.48 Å². The Bertz CT molecular complexity index is 2350. The van der Waals surface area contributed by atoms with Crippen LogP contribution in [0.25, 0.3) is 11.1 Å². The maximum Gasteiger partial charge on any atom is 0.0531 e. The largest absolute Gasteiger partial charge is 0.316 e. The molecule has 264 valence electrons. The molecular formula is C51H50N2. The Morgan fingerprint density at radius 1 is 0.623 bits per heavy atom. The molecule has 3 aliphatic carbocycles. The summed E-state index contributed by atoms with van der Waals surface area (Å²) in [5.41, 5.74) is 18.1. The molecule has 3 unspecified atom stereocenters. The van der Waals surface area contributed by atoms with Crippen LogP contribution >= 0.6 is 0 Å². The van der Waals surface area contributed by atoms with Crippen molar-refractivity contribution in [2.45, 2.75) is 77.6 Å².